The van der Waals surface area contributed by atoms with Crippen LogP contribution in [0.3, 0.4) is 0 Å². The Morgan fingerprint density at radius 2 is 1.88 bits per heavy atom. The first-order valence-electron chi connectivity index (χ1n) is 8.09. The van der Waals surface area contributed by atoms with Crippen LogP contribution >= 0.6 is 0 Å². The smallest absolute Gasteiger partial charge is 0.264 e. The number of fused-ring (bicyclic) bond motifs is 1. The highest BCUT2D eigenvalue weighted by Gasteiger charge is 2.30. The van der Waals surface area contributed by atoms with Crippen molar-refractivity contribution in [2.45, 2.75) is 37.0 Å². The van der Waals surface area contributed by atoms with Gasteiger partial charge in [0.05, 0.1) is 16.7 Å². The van der Waals surface area contributed by atoms with E-state index in [-0.39, 0.29) is 5.92 Å². The van der Waals surface area contributed by atoms with Gasteiger partial charge in [0.2, 0.25) is 0 Å². The molecule has 2 aromatic carbocycles. The highest BCUT2D eigenvalue weighted by Crippen LogP contribution is 2.38. The van der Waals surface area contributed by atoms with Gasteiger partial charge < -0.3 is 0 Å². The summed E-state index contributed by atoms with van der Waals surface area (Å²) in [6.45, 7) is 2.37. The number of nitriles is 1. The summed E-state index contributed by atoms with van der Waals surface area (Å²) >= 11 is 0. The molecular weight excluding hydrogens is 320 g/mol. The van der Waals surface area contributed by atoms with Gasteiger partial charge in [0, 0.05) is 13.0 Å². The Morgan fingerprint density at radius 1 is 1.17 bits per heavy atom. The topological polar surface area (TPSA) is 61.2 Å². The number of aryl methyl sites for hydroxylation is 1. The van der Waals surface area contributed by atoms with E-state index in [1.165, 1.54) is 4.31 Å². The number of anilines is 1. The van der Waals surface area contributed by atoms with Crippen molar-refractivity contribution in [1.82, 2.24) is 0 Å². The van der Waals surface area contributed by atoms with Crippen molar-refractivity contribution in [3.63, 3.8) is 0 Å². The normalized spacial score (nSPS) is 17.7. The summed E-state index contributed by atoms with van der Waals surface area (Å²) in [5.41, 5.74) is 2.68. The van der Waals surface area contributed by atoms with Gasteiger partial charge in [0.1, 0.15) is 0 Å². The molecule has 0 fully saturated rings. The average molecular weight is 340 g/mol. The van der Waals surface area contributed by atoms with Gasteiger partial charge in [-0.3, -0.25) is 4.31 Å². The fourth-order valence-electron chi connectivity index (χ4n) is 3.23. The van der Waals surface area contributed by atoms with Crippen molar-refractivity contribution in [3.05, 3.63) is 59.7 Å². The van der Waals surface area contributed by atoms with Crippen molar-refractivity contribution < 1.29 is 8.42 Å². The second-order valence-corrected chi connectivity index (χ2v) is 8.01. The predicted molar refractivity (Wildman–Crippen MR) is 94.4 cm³/mol. The zero-order valence-corrected chi connectivity index (χ0v) is 14.5. The molecule has 0 bridgehead atoms. The third-order valence-corrected chi connectivity index (χ3v) is 6.33. The quantitative estimate of drug-likeness (QED) is 0.849. The van der Waals surface area contributed by atoms with Crippen LogP contribution in [0.15, 0.2) is 53.4 Å². The van der Waals surface area contributed by atoms with Gasteiger partial charge in [-0.05, 0) is 49.4 Å². The van der Waals surface area contributed by atoms with Crippen molar-refractivity contribution in [3.8, 4) is 6.07 Å². The van der Waals surface area contributed by atoms with Crippen LogP contribution in [-0.2, 0) is 10.0 Å². The SMILES string of the molecule is Cc1ccc(S(=O)(=O)N2CCC[C@@H](CC#N)c3ccccc32)cc1. The third-order valence-electron chi connectivity index (χ3n) is 4.51. The van der Waals surface area contributed by atoms with Crippen LogP contribution in [0, 0.1) is 18.3 Å². The molecule has 0 N–H and O–H groups in total. The molecule has 4 nitrogen and oxygen atoms in total. The van der Waals surface area contributed by atoms with E-state index in [9.17, 15) is 8.42 Å². The molecule has 1 atom stereocenters. The number of rotatable bonds is 3. The van der Waals surface area contributed by atoms with Gasteiger partial charge in [-0.1, -0.05) is 35.9 Å². The molecule has 0 aliphatic carbocycles. The first-order valence-corrected chi connectivity index (χ1v) is 9.53. The average Bonchev–Trinajstić information content (AvgIpc) is 2.76. The lowest BCUT2D eigenvalue weighted by Crippen LogP contribution is -2.31. The van der Waals surface area contributed by atoms with Gasteiger partial charge in [0.15, 0.2) is 0 Å². The Bertz CT molecular complexity index is 867. The second kappa shape index (κ2) is 6.66. The molecule has 0 radical (unpaired) electrons. The first-order chi connectivity index (χ1) is 11.5. The maximum absolute atomic E-state index is 13.1. The van der Waals surface area contributed by atoms with Crippen molar-refractivity contribution >= 4 is 15.7 Å². The minimum atomic E-state index is -3.60. The molecule has 1 aliphatic rings. The van der Waals surface area contributed by atoms with Gasteiger partial charge in [-0.2, -0.15) is 5.26 Å². The highest BCUT2D eigenvalue weighted by molar-refractivity contribution is 7.92. The zero-order chi connectivity index (χ0) is 17.2. The Kier molecular flexibility index (Phi) is 4.59. The summed E-state index contributed by atoms with van der Waals surface area (Å²) in [6, 6.07) is 16.7. The molecule has 0 saturated heterocycles. The van der Waals surface area contributed by atoms with Gasteiger partial charge >= 0.3 is 0 Å². The maximum atomic E-state index is 13.1. The number of sulfonamides is 1. The predicted octanol–water partition coefficient (Wildman–Crippen LogP) is 3.98. The summed E-state index contributed by atoms with van der Waals surface area (Å²) in [5.74, 6) is 0.0874. The van der Waals surface area contributed by atoms with Gasteiger partial charge in [-0.15, -0.1) is 0 Å². The van der Waals surface area contributed by atoms with E-state index >= 15 is 0 Å². The molecule has 124 valence electrons. The lowest BCUT2D eigenvalue weighted by atomic mass is 9.92. The van der Waals surface area contributed by atoms with Crippen LogP contribution in [0.25, 0.3) is 0 Å². The molecule has 24 heavy (non-hydrogen) atoms. The Labute approximate surface area is 143 Å². The molecular formula is C19H20N2O2S. The largest absolute Gasteiger partial charge is 0.266 e. The number of hydrogen-bond acceptors (Lipinski definition) is 3. The number of nitrogens with zero attached hydrogens (tertiary/aromatic N) is 2. The van der Waals surface area contributed by atoms with E-state index in [0.29, 0.717) is 23.5 Å². The van der Waals surface area contributed by atoms with Gasteiger partial charge in [-0.25, -0.2) is 8.42 Å². The van der Waals surface area contributed by atoms with Crippen LogP contribution in [0.5, 0.6) is 0 Å². The van der Waals surface area contributed by atoms with E-state index in [0.717, 1.165) is 24.0 Å². The molecule has 5 heteroatoms. The van der Waals surface area contributed by atoms with Crippen molar-refractivity contribution in [2.75, 3.05) is 10.8 Å². The van der Waals surface area contributed by atoms with Crippen LogP contribution in [0.1, 0.15) is 36.3 Å². The van der Waals surface area contributed by atoms with Crippen LogP contribution in [0.2, 0.25) is 0 Å². The fraction of sp³-hybridized carbons (Fsp3) is 0.316. The number of benzene rings is 2. The van der Waals surface area contributed by atoms with E-state index in [1.807, 2.05) is 43.3 Å². The monoisotopic (exact) mass is 340 g/mol. The first kappa shape index (κ1) is 16.5. The van der Waals surface area contributed by atoms with E-state index in [4.69, 9.17) is 5.26 Å². The summed E-state index contributed by atoms with van der Waals surface area (Å²) in [5, 5.41) is 9.08. The molecule has 1 heterocycles. The zero-order valence-electron chi connectivity index (χ0n) is 13.6. The molecule has 0 amide bonds. The standard InChI is InChI=1S/C19H20N2O2S/c1-15-8-10-17(11-9-15)24(22,23)21-14-4-5-16(12-13-20)18-6-2-3-7-19(18)21/h2-3,6-11,16H,4-5,12,14H2,1H3/t16-/m0/s1. The highest BCUT2D eigenvalue weighted by atomic mass is 32.2. The van der Waals surface area contributed by atoms with Crippen molar-refractivity contribution in [2.24, 2.45) is 0 Å². The van der Waals surface area contributed by atoms with E-state index < -0.39 is 10.0 Å². The van der Waals surface area contributed by atoms with E-state index in [2.05, 4.69) is 6.07 Å². The van der Waals surface area contributed by atoms with Crippen molar-refractivity contribution in [1.29, 1.82) is 5.26 Å². The summed E-state index contributed by atoms with van der Waals surface area (Å²) in [6.07, 6.45) is 1.98. The molecule has 0 unspecified atom stereocenters. The summed E-state index contributed by atoms with van der Waals surface area (Å²) in [7, 11) is -3.60. The number of hydrogen-bond donors (Lipinski definition) is 0. The Hall–Kier alpha value is -2.32. The van der Waals surface area contributed by atoms with Crippen LogP contribution in [-0.4, -0.2) is 15.0 Å². The van der Waals surface area contributed by atoms with Crippen LogP contribution < -0.4 is 4.31 Å². The summed E-state index contributed by atoms with van der Waals surface area (Å²) < 4.78 is 27.8. The molecule has 0 aromatic heterocycles. The Morgan fingerprint density at radius 3 is 2.58 bits per heavy atom. The summed E-state index contributed by atoms with van der Waals surface area (Å²) in [4.78, 5) is 0.307. The lowest BCUT2D eigenvalue weighted by molar-refractivity contribution is 0.586. The molecule has 3 rings (SSSR count). The molecule has 2 aromatic rings. The van der Waals surface area contributed by atoms with Crippen LogP contribution in [0.4, 0.5) is 5.69 Å². The Balaban J connectivity index is 2.08. The second-order valence-electron chi connectivity index (χ2n) is 6.15. The molecule has 0 saturated carbocycles. The maximum Gasteiger partial charge on any atom is 0.264 e. The minimum absolute atomic E-state index is 0.0874. The minimum Gasteiger partial charge on any atom is -0.266 e. The lowest BCUT2D eigenvalue weighted by Gasteiger charge is -2.25. The number of para-hydroxylation sites is 1. The molecule has 1 aliphatic heterocycles. The molecule has 0 spiro atoms. The fourth-order valence-corrected chi connectivity index (χ4v) is 4.76. The third kappa shape index (κ3) is 3.02. The van der Waals surface area contributed by atoms with Gasteiger partial charge in [0.25, 0.3) is 10.0 Å². The van der Waals surface area contributed by atoms with E-state index in [1.54, 1.807) is 12.1 Å².